The van der Waals surface area contributed by atoms with Crippen LogP contribution < -0.4 is 11.1 Å². The summed E-state index contributed by atoms with van der Waals surface area (Å²) in [5.41, 5.74) is 6.52. The molecule has 1 aromatic rings. The van der Waals surface area contributed by atoms with Crippen molar-refractivity contribution in [1.82, 2.24) is 4.90 Å². The van der Waals surface area contributed by atoms with Crippen LogP contribution in [0.5, 0.6) is 0 Å². The Bertz CT molecular complexity index is 589. The maximum atomic E-state index is 12.5. The molecule has 1 saturated heterocycles. The predicted molar refractivity (Wildman–Crippen MR) is 102 cm³/mol. The Labute approximate surface area is 159 Å². The number of piperidine rings is 1. The van der Waals surface area contributed by atoms with Crippen LogP contribution in [0.1, 0.15) is 36.0 Å². The number of methoxy groups -OCH3 is 1. The van der Waals surface area contributed by atoms with E-state index in [0.717, 1.165) is 32.4 Å². The van der Waals surface area contributed by atoms with Crippen LogP contribution in [0.4, 0.5) is 5.69 Å². The number of carbonyl (C=O) groups is 2. The normalized spacial score (nSPS) is 15.2. The summed E-state index contributed by atoms with van der Waals surface area (Å²) in [5.74, 6) is -0.265. The van der Waals surface area contributed by atoms with Gasteiger partial charge in [0.25, 0.3) is 5.91 Å². The molecular weight excluding hydrogens is 365 g/mol. The van der Waals surface area contributed by atoms with Crippen LogP contribution in [0.25, 0.3) is 0 Å². The topological polar surface area (TPSA) is 84.7 Å². The van der Waals surface area contributed by atoms with Gasteiger partial charge in [-0.15, -0.1) is 12.4 Å². The highest BCUT2D eigenvalue weighted by Crippen LogP contribution is 2.24. The van der Waals surface area contributed by atoms with Crippen molar-refractivity contribution in [3.05, 3.63) is 28.8 Å². The third-order valence-corrected chi connectivity index (χ3v) is 4.45. The van der Waals surface area contributed by atoms with E-state index in [2.05, 4.69) is 5.32 Å². The van der Waals surface area contributed by atoms with Gasteiger partial charge in [0.1, 0.15) is 0 Å². The Morgan fingerprint density at radius 2 is 2.00 bits per heavy atom. The molecule has 1 unspecified atom stereocenters. The van der Waals surface area contributed by atoms with Crippen LogP contribution in [-0.2, 0) is 9.53 Å². The number of anilines is 1. The summed E-state index contributed by atoms with van der Waals surface area (Å²) in [4.78, 5) is 26.3. The first-order valence-corrected chi connectivity index (χ1v) is 8.54. The maximum absolute atomic E-state index is 12.5. The maximum Gasteiger partial charge on any atom is 0.255 e. The molecule has 1 fully saturated rings. The molecule has 2 rings (SSSR count). The number of carbonyl (C=O) groups excluding carboxylic acids is 2. The zero-order valence-electron chi connectivity index (χ0n) is 14.3. The largest absolute Gasteiger partial charge is 0.380 e. The molecule has 0 bridgehead atoms. The molecule has 2 amide bonds. The van der Waals surface area contributed by atoms with Crippen LogP contribution in [0.15, 0.2) is 18.2 Å². The molecule has 140 valence electrons. The van der Waals surface area contributed by atoms with E-state index in [4.69, 9.17) is 22.1 Å². The molecule has 0 radical (unpaired) electrons. The van der Waals surface area contributed by atoms with E-state index >= 15 is 0 Å². The average Bonchev–Trinajstić information content (AvgIpc) is 2.60. The number of ether oxygens (including phenoxy) is 1. The Morgan fingerprint density at radius 1 is 1.32 bits per heavy atom. The number of nitrogens with one attached hydrogen (secondary N) is 1. The second kappa shape index (κ2) is 10.6. The molecule has 1 aliphatic heterocycles. The van der Waals surface area contributed by atoms with Crippen molar-refractivity contribution in [2.45, 2.75) is 31.8 Å². The molecular formula is C17H25Cl2N3O3. The number of benzene rings is 1. The summed E-state index contributed by atoms with van der Waals surface area (Å²) in [7, 11) is 1.52. The van der Waals surface area contributed by atoms with Crippen molar-refractivity contribution < 1.29 is 14.3 Å². The van der Waals surface area contributed by atoms with Crippen LogP contribution in [0, 0.1) is 0 Å². The Kier molecular flexibility index (Phi) is 9.21. The lowest BCUT2D eigenvalue weighted by molar-refractivity contribution is -0.118. The van der Waals surface area contributed by atoms with Crippen LogP contribution in [-0.4, -0.2) is 49.6 Å². The van der Waals surface area contributed by atoms with Gasteiger partial charge in [-0.25, -0.2) is 0 Å². The molecule has 0 spiro atoms. The minimum absolute atomic E-state index is 0. The van der Waals surface area contributed by atoms with Crippen molar-refractivity contribution in [2.24, 2.45) is 5.73 Å². The van der Waals surface area contributed by atoms with Crippen LogP contribution in [0.3, 0.4) is 0 Å². The highest BCUT2D eigenvalue weighted by Gasteiger charge is 2.20. The SMILES string of the molecule is COC(CN)CC(=O)Nc1ccc(C(=O)N2CCCCC2)c(Cl)c1.Cl. The highest BCUT2D eigenvalue weighted by molar-refractivity contribution is 6.34. The lowest BCUT2D eigenvalue weighted by atomic mass is 10.1. The predicted octanol–water partition coefficient (Wildman–Crippen LogP) is 2.69. The van der Waals surface area contributed by atoms with E-state index in [1.807, 2.05) is 4.90 Å². The van der Waals surface area contributed by atoms with Gasteiger partial charge in [0, 0.05) is 32.4 Å². The highest BCUT2D eigenvalue weighted by atomic mass is 35.5. The van der Waals surface area contributed by atoms with Gasteiger partial charge in [-0.3, -0.25) is 9.59 Å². The van der Waals surface area contributed by atoms with E-state index in [1.54, 1.807) is 18.2 Å². The Morgan fingerprint density at radius 3 is 2.56 bits per heavy atom. The molecule has 0 aliphatic carbocycles. The molecule has 1 heterocycles. The zero-order valence-corrected chi connectivity index (χ0v) is 15.9. The molecule has 0 saturated carbocycles. The van der Waals surface area contributed by atoms with Gasteiger partial charge in [0.2, 0.25) is 5.91 Å². The van der Waals surface area contributed by atoms with E-state index < -0.39 is 0 Å². The number of likely N-dealkylation sites (tertiary alicyclic amines) is 1. The zero-order chi connectivity index (χ0) is 17.5. The second-order valence-corrected chi connectivity index (χ2v) is 6.30. The number of nitrogens with two attached hydrogens (primary N) is 1. The molecule has 1 aromatic carbocycles. The molecule has 1 atom stereocenters. The van der Waals surface area contributed by atoms with Gasteiger partial charge in [-0.1, -0.05) is 11.6 Å². The van der Waals surface area contributed by atoms with Crippen LogP contribution in [0.2, 0.25) is 5.02 Å². The van der Waals surface area contributed by atoms with Crippen molar-refractivity contribution in [1.29, 1.82) is 0 Å². The number of hydrogen-bond acceptors (Lipinski definition) is 4. The lowest BCUT2D eigenvalue weighted by Gasteiger charge is -2.27. The Hall–Kier alpha value is -1.34. The summed E-state index contributed by atoms with van der Waals surface area (Å²) in [6.45, 7) is 1.81. The van der Waals surface area contributed by atoms with E-state index in [9.17, 15) is 9.59 Å². The number of amides is 2. The Balaban J connectivity index is 0.00000312. The van der Waals surface area contributed by atoms with Gasteiger partial charge in [-0.2, -0.15) is 0 Å². The van der Waals surface area contributed by atoms with Gasteiger partial charge < -0.3 is 20.7 Å². The van der Waals surface area contributed by atoms with Gasteiger partial charge >= 0.3 is 0 Å². The van der Waals surface area contributed by atoms with Crippen LogP contribution >= 0.6 is 24.0 Å². The second-order valence-electron chi connectivity index (χ2n) is 5.89. The fraction of sp³-hybridized carbons (Fsp3) is 0.529. The molecule has 1 aliphatic rings. The molecule has 6 nitrogen and oxygen atoms in total. The lowest BCUT2D eigenvalue weighted by Crippen LogP contribution is -2.35. The van der Waals surface area contributed by atoms with E-state index in [-0.39, 0.29) is 43.3 Å². The molecule has 8 heteroatoms. The quantitative estimate of drug-likeness (QED) is 0.782. The van der Waals surface area contributed by atoms with Crippen molar-refractivity contribution in [2.75, 3.05) is 32.1 Å². The van der Waals surface area contributed by atoms with Gasteiger partial charge in [-0.05, 0) is 37.5 Å². The van der Waals surface area contributed by atoms with Crippen molar-refractivity contribution >= 4 is 41.5 Å². The first-order valence-electron chi connectivity index (χ1n) is 8.16. The monoisotopic (exact) mass is 389 g/mol. The number of hydrogen-bond donors (Lipinski definition) is 2. The summed E-state index contributed by atoms with van der Waals surface area (Å²) < 4.78 is 5.09. The summed E-state index contributed by atoms with van der Waals surface area (Å²) >= 11 is 6.24. The third kappa shape index (κ3) is 6.15. The number of halogens is 2. The summed E-state index contributed by atoms with van der Waals surface area (Å²) in [6, 6.07) is 4.94. The molecule has 3 N–H and O–H groups in total. The minimum Gasteiger partial charge on any atom is -0.380 e. The van der Waals surface area contributed by atoms with Gasteiger partial charge in [0.15, 0.2) is 0 Å². The van der Waals surface area contributed by atoms with Gasteiger partial charge in [0.05, 0.1) is 23.1 Å². The molecule has 25 heavy (non-hydrogen) atoms. The fourth-order valence-corrected chi connectivity index (χ4v) is 2.98. The van der Waals surface area contributed by atoms with Crippen molar-refractivity contribution in [3.63, 3.8) is 0 Å². The van der Waals surface area contributed by atoms with E-state index in [1.165, 1.54) is 7.11 Å². The number of nitrogens with zero attached hydrogens (tertiary/aromatic N) is 1. The minimum atomic E-state index is -0.319. The van der Waals surface area contributed by atoms with Crippen molar-refractivity contribution in [3.8, 4) is 0 Å². The third-order valence-electron chi connectivity index (χ3n) is 4.14. The average molecular weight is 390 g/mol. The number of rotatable bonds is 6. The molecule has 0 aromatic heterocycles. The fourth-order valence-electron chi connectivity index (χ4n) is 2.72. The smallest absolute Gasteiger partial charge is 0.255 e. The first kappa shape index (κ1) is 21.7. The first-order chi connectivity index (χ1) is 11.5. The standard InChI is InChI=1S/C17H24ClN3O3.ClH/c1-24-13(11-19)10-16(22)20-12-5-6-14(15(18)9-12)17(23)21-7-3-2-4-8-21;/h5-6,9,13H,2-4,7-8,10-11,19H2,1H3,(H,20,22);1H. The van der Waals surface area contributed by atoms with E-state index in [0.29, 0.717) is 16.3 Å². The summed E-state index contributed by atoms with van der Waals surface area (Å²) in [6.07, 6.45) is 3.06. The summed E-state index contributed by atoms with van der Waals surface area (Å²) in [5, 5.41) is 3.08.